The summed E-state index contributed by atoms with van der Waals surface area (Å²) in [5.74, 6) is -0.234. The van der Waals surface area contributed by atoms with Crippen LogP contribution in [0.3, 0.4) is 0 Å². The lowest BCUT2D eigenvalue weighted by Crippen LogP contribution is -2.23. The number of aryl methyl sites for hydroxylation is 1. The summed E-state index contributed by atoms with van der Waals surface area (Å²) < 4.78 is 1.07. The number of nitriles is 1. The molecule has 2 aromatic carbocycles. The number of carbonyl (C=O) groups excluding carboxylic acids is 1. The van der Waals surface area contributed by atoms with Crippen LogP contribution in [0.15, 0.2) is 71.5 Å². The zero-order valence-electron chi connectivity index (χ0n) is 16.7. The Morgan fingerprint density at radius 2 is 1.97 bits per heavy atom. The van der Waals surface area contributed by atoms with Crippen LogP contribution in [0.25, 0.3) is 11.1 Å². The van der Waals surface area contributed by atoms with Crippen LogP contribution in [-0.4, -0.2) is 16.9 Å². The van der Waals surface area contributed by atoms with Crippen molar-refractivity contribution in [3.8, 4) is 17.2 Å². The summed E-state index contributed by atoms with van der Waals surface area (Å²) in [5, 5.41) is 12.5. The van der Waals surface area contributed by atoms with E-state index in [-0.39, 0.29) is 17.9 Å². The van der Waals surface area contributed by atoms with Crippen molar-refractivity contribution in [2.75, 3.05) is 0 Å². The number of hydrogen-bond donors (Lipinski definition) is 2. The van der Waals surface area contributed by atoms with E-state index in [4.69, 9.17) is 11.0 Å². The molecule has 152 valence electrons. The highest BCUT2D eigenvalue weighted by Gasteiger charge is 2.41. The fourth-order valence-electron chi connectivity index (χ4n) is 3.06. The minimum absolute atomic E-state index is 0.0122. The third-order valence-corrected chi connectivity index (χ3v) is 5.84. The molecule has 1 aliphatic carbocycles. The second-order valence-corrected chi connectivity index (χ2v) is 8.07. The van der Waals surface area contributed by atoms with Gasteiger partial charge < -0.3 is 11.1 Å². The summed E-state index contributed by atoms with van der Waals surface area (Å²) in [5.41, 5.74) is 10.3. The molecule has 5 nitrogen and oxygen atoms in total. The number of nitrogens with zero attached hydrogens (tertiary/aromatic N) is 2. The Balaban J connectivity index is 0.000000269. The fourth-order valence-corrected chi connectivity index (χ4v) is 3.31. The van der Waals surface area contributed by atoms with Gasteiger partial charge in [-0.25, -0.2) is 0 Å². The SMILES string of the molecule is Cc1ccncc1Br.N#Cc1ccccc1-c1ccc(CNC2CC2C(N)=O)cc1. The van der Waals surface area contributed by atoms with Gasteiger partial charge in [0.1, 0.15) is 0 Å². The van der Waals surface area contributed by atoms with E-state index < -0.39 is 0 Å². The molecule has 1 saturated carbocycles. The van der Waals surface area contributed by atoms with E-state index in [1.54, 1.807) is 12.4 Å². The normalized spacial score (nSPS) is 16.7. The van der Waals surface area contributed by atoms with Gasteiger partial charge in [-0.15, -0.1) is 0 Å². The molecular weight excluding hydrogens is 440 g/mol. The zero-order valence-corrected chi connectivity index (χ0v) is 18.3. The summed E-state index contributed by atoms with van der Waals surface area (Å²) in [7, 11) is 0. The average Bonchev–Trinajstić information content (AvgIpc) is 3.55. The summed E-state index contributed by atoms with van der Waals surface area (Å²) >= 11 is 3.33. The molecule has 0 aliphatic heterocycles. The summed E-state index contributed by atoms with van der Waals surface area (Å²) in [6.07, 6.45) is 4.40. The Morgan fingerprint density at radius 1 is 1.23 bits per heavy atom. The van der Waals surface area contributed by atoms with E-state index in [1.807, 2.05) is 61.5 Å². The number of amides is 1. The van der Waals surface area contributed by atoms with Crippen molar-refractivity contribution in [3.63, 3.8) is 0 Å². The maximum atomic E-state index is 11.0. The molecule has 2 atom stereocenters. The summed E-state index contributed by atoms with van der Waals surface area (Å²) in [6.45, 7) is 2.75. The van der Waals surface area contributed by atoms with Crippen LogP contribution < -0.4 is 11.1 Å². The first-order valence-electron chi connectivity index (χ1n) is 9.67. The number of benzene rings is 2. The molecule has 0 spiro atoms. The summed E-state index contributed by atoms with van der Waals surface area (Å²) in [4.78, 5) is 14.9. The third-order valence-electron chi connectivity index (χ3n) is 5.01. The molecule has 0 saturated heterocycles. The van der Waals surface area contributed by atoms with Crippen LogP contribution in [0.5, 0.6) is 0 Å². The molecule has 1 amide bonds. The standard InChI is InChI=1S/C18H17N3O.C6H6BrN/c19-10-14-3-1-2-4-15(14)13-7-5-12(6-8-13)11-21-17-9-16(17)18(20)22;1-5-2-3-8-4-6(5)7/h1-8,16-17,21H,9,11H2,(H2,20,22);2-4H,1H3. The molecule has 1 aliphatic rings. The van der Waals surface area contributed by atoms with Crippen molar-refractivity contribution in [3.05, 3.63) is 88.2 Å². The zero-order chi connectivity index (χ0) is 21.5. The molecule has 1 aromatic heterocycles. The van der Waals surface area contributed by atoms with Crippen molar-refractivity contribution in [1.29, 1.82) is 5.26 Å². The van der Waals surface area contributed by atoms with Crippen LogP contribution in [0.4, 0.5) is 0 Å². The molecular formula is C24H23BrN4O. The van der Waals surface area contributed by atoms with Crippen molar-refractivity contribution in [1.82, 2.24) is 10.3 Å². The molecule has 4 rings (SSSR count). The number of primary amides is 1. The fraction of sp³-hybridized carbons (Fsp3) is 0.208. The van der Waals surface area contributed by atoms with Gasteiger partial charge in [-0.05, 0) is 63.7 Å². The number of hydrogen-bond acceptors (Lipinski definition) is 4. The van der Waals surface area contributed by atoms with Crippen LogP contribution in [0.1, 0.15) is 23.1 Å². The molecule has 3 N–H and O–H groups in total. The van der Waals surface area contributed by atoms with Gasteiger partial charge in [-0.3, -0.25) is 9.78 Å². The average molecular weight is 463 g/mol. The molecule has 0 bridgehead atoms. The van der Waals surface area contributed by atoms with E-state index >= 15 is 0 Å². The third kappa shape index (κ3) is 5.76. The van der Waals surface area contributed by atoms with E-state index in [9.17, 15) is 4.79 Å². The van der Waals surface area contributed by atoms with E-state index in [1.165, 1.54) is 5.56 Å². The van der Waals surface area contributed by atoms with Gasteiger partial charge in [0, 0.05) is 29.5 Å². The first-order valence-corrected chi connectivity index (χ1v) is 10.5. The first-order chi connectivity index (χ1) is 14.5. The van der Waals surface area contributed by atoms with Gasteiger partial charge in [0.15, 0.2) is 0 Å². The van der Waals surface area contributed by atoms with Gasteiger partial charge in [-0.1, -0.05) is 42.5 Å². The van der Waals surface area contributed by atoms with E-state index in [0.717, 1.165) is 27.6 Å². The largest absolute Gasteiger partial charge is 0.369 e. The molecule has 1 fully saturated rings. The molecule has 6 heteroatoms. The monoisotopic (exact) mass is 462 g/mol. The number of nitrogens with two attached hydrogens (primary N) is 1. The lowest BCUT2D eigenvalue weighted by Gasteiger charge is -2.07. The van der Waals surface area contributed by atoms with Crippen LogP contribution >= 0.6 is 15.9 Å². The maximum absolute atomic E-state index is 11.0. The van der Waals surface area contributed by atoms with Gasteiger partial charge in [-0.2, -0.15) is 5.26 Å². The highest BCUT2D eigenvalue weighted by Crippen LogP contribution is 2.30. The van der Waals surface area contributed by atoms with Crippen molar-refractivity contribution >= 4 is 21.8 Å². The minimum atomic E-state index is -0.221. The van der Waals surface area contributed by atoms with Crippen molar-refractivity contribution in [2.24, 2.45) is 11.7 Å². The number of pyridine rings is 1. The predicted molar refractivity (Wildman–Crippen MR) is 121 cm³/mol. The Morgan fingerprint density at radius 3 is 2.53 bits per heavy atom. The number of aromatic nitrogens is 1. The topological polar surface area (TPSA) is 91.8 Å². The lowest BCUT2D eigenvalue weighted by molar-refractivity contribution is -0.119. The van der Waals surface area contributed by atoms with Crippen LogP contribution in [0, 0.1) is 24.2 Å². The molecule has 0 radical (unpaired) electrons. The highest BCUT2D eigenvalue weighted by atomic mass is 79.9. The summed E-state index contributed by atoms with van der Waals surface area (Å²) in [6, 6.07) is 20.1. The number of nitrogens with one attached hydrogen (secondary N) is 1. The van der Waals surface area contributed by atoms with Crippen molar-refractivity contribution < 1.29 is 4.79 Å². The second-order valence-electron chi connectivity index (χ2n) is 7.21. The Hall–Kier alpha value is -3.01. The number of halogens is 1. The molecule has 30 heavy (non-hydrogen) atoms. The Bertz CT molecular complexity index is 1040. The minimum Gasteiger partial charge on any atom is -0.369 e. The van der Waals surface area contributed by atoms with Gasteiger partial charge >= 0.3 is 0 Å². The predicted octanol–water partition coefficient (Wildman–Crippen LogP) is 4.34. The maximum Gasteiger partial charge on any atom is 0.222 e. The van der Waals surface area contributed by atoms with Gasteiger partial charge in [0.25, 0.3) is 0 Å². The number of carbonyl (C=O) groups is 1. The molecule has 2 unspecified atom stereocenters. The van der Waals surface area contributed by atoms with Crippen LogP contribution in [0.2, 0.25) is 0 Å². The Kier molecular flexibility index (Phi) is 7.34. The molecule has 3 aromatic rings. The van der Waals surface area contributed by atoms with Crippen LogP contribution in [-0.2, 0) is 11.3 Å². The number of rotatable bonds is 5. The van der Waals surface area contributed by atoms with E-state index in [0.29, 0.717) is 12.1 Å². The lowest BCUT2D eigenvalue weighted by atomic mass is 9.99. The molecule has 1 heterocycles. The first kappa shape index (κ1) is 21.7. The quantitative estimate of drug-likeness (QED) is 0.589. The van der Waals surface area contributed by atoms with Gasteiger partial charge in [0.05, 0.1) is 17.6 Å². The highest BCUT2D eigenvalue weighted by molar-refractivity contribution is 9.10. The Labute approximate surface area is 185 Å². The van der Waals surface area contributed by atoms with E-state index in [2.05, 4.69) is 32.3 Å². The van der Waals surface area contributed by atoms with Crippen molar-refractivity contribution in [2.45, 2.75) is 25.9 Å². The smallest absolute Gasteiger partial charge is 0.222 e. The van der Waals surface area contributed by atoms with Gasteiger partial charge in [0.2, 0.25) is 5.91 Å². The second kappa shape index (κ2) is 10.1.